The maximum Gasteiger partial charge on any atom is 0.158 e. The molecule has 1 fully saturated rings. The number of benzene rings is 2. The van der Waals surface area contributed by atoms with Crippen molar-refractivity contribution in [3.8, 4) is 17.2 Å². The van der Waals surface area contributed by atoms with Gasteiger partial charge in [0, 0.05) is 0 Å². The molecular formula is C18H20O4. The molecule has 4 heteroatoms. The summed E-state index contributed by atoms with van der Waals surface area (Å²) in [6.45, 7) is 3.13. The highest BCUT2D eigenvalue weighted by molar-refractivity contribution is 5.35. The molecule has 0 aromatic heterocycles. The van der Waals surface area contributed by atoms with Crippen LogP contribution in [-0.4, -0.2) is 25.6 Å². The first-order valence-corrected chi connectivity index (χ1v) is 7.56. The maximum atomic E-state index is 5.74. The van der Waals surface area contributed by atoms with Gasteiger partial charge in [-0.2, -0.15) is 0 Å². The molecule has 1 saturated heterocycles. The Bertz CT molecular complexity index is 567. The molecule has 1 heterocycles. The van der Waals surface area contributed by atoms with E-state index in [-0.39, 0.29) is 12.4 Å². The quantitative estimate of drug-likeness (QED) is 0.807. The SMILES string of the molecule is CC[C@@H]1OC[C@@H](COc2ccc(Oc3ccccc3)cc2)O1. The van der Waals surface area contributed by atoms with Crippen molar-refractivity contribution in [2.75, 3.05) is 13.2 Å². The topological polar surface area (TPSA) is 36.9 Å². The largest absolute Gasteiger partial charge is 0.491 e. The second-order valence-corrected chi connectivity index (χ2v) is 5.13. The molecule has 0 radical (unpaired) electrons. The zero-order chi connectivity index (χ0) is 15.2. The Morgan fingerprint density at radius 1 is 0.955 bits per heavy atom. The summed E-state index contributed by atoms with van der Waals surface area (Å²) in [5.74, 6) is 2.40. The van der Waals surface area contributed by atoms with E-state index in [1.165, 1.54) is 0 Å². The Hall–Kier alpha value is -2.04. The molecule has 2 aromatic carbocycles. The van der Waals surface area contributed by atoms with Gasteiger partial charge in [-0.05, 0) is 42.8 Å². The first kappa shape index (κ1) is 14.9. The molecule has 4 nitrogen and oxygen atoms in total. The average molecular weight is 300 g/mol. The van der Waals surface area contributed by atoms with Gasteiger partial charge in [0.25, 0.3) is 0 Å². The lowest BCUT2D eigenvalue weighted by Gasteiger charge is -2.12. The molecular weight excluding hydrogens is 280 g/mol. The number of rotatable bonds is 6. The predicted octanol–water partition coefficient (Wildman–Crippen LogP) is 4.01. The van der Waals surface area contributed by atoms with Gasteiger partial charge in [-0.15, -0.1) is 0 Å². The van der Waals surface area contributed by atoms with Gasteiger partial charge in [0.05, 0.1) is 6.61 Å². The van der Waals surface area contributed by atoms with Crippen molar-refractivity contribution in [2.24, 2.45) is 0 Å². The van der Waals surface area contributed by atoms with Crippen LogP contribution in [0.2, 0.25) is 0 Å². The van der Waals surface area contributed by atoms with Crippen molar-refractivity contribution >= 4 is 0 Å². The van der Waals surface area contributed by atoms with Gasteiger partial charge in [0.15, 0.2) is 6.29 Å². The summed E-state index contributed by atoms with van der Waals surface area (Å²) in [7, 11) is 0. The highest BCUT2D eigenvalue weighted by atomic mass is 16.7. The van der Waals surface area contributed by atoms with E-state index in [0.29, 0.717) is 13.2 Å². The molecule has 2 atom stereocenters. The van der Waals surface area contributed by atoms with Gasteiger partial charge in [-0.25, -0.2) is 0 Å². The van der Waals surface area contributed by atoms with Crippen molar-refractivity contribution in [3.63, 3.8) is 0 Å². The van der Waals surface area contributed by atoms with Gasteiger partial charge < -0.3 is 18.9 Å². The zero-order valence-electron chi connectivity index (χ0n) is 12.6. The van der Waals surface area contributed by atoms with Crippen LogP contribution in [0.4, 0.5) is 0 Å². The van der Waals surface area contributed by atoms with E-state index in [9.17, 15) is 0 Å². The Morgan fingerprint density at radius 3 is 2.32 bits per heavy atom. The molecule has 0 bridgehead atoms. The van der Waals surface area contributed by atoms with Crippen LogP contribution >= 0.6 is 0 Å². The zero-order valence-corrected chi connectivity index (χ0v) is 12.6. The van der Waals surface area contributed by atoms with E-state index in [2.05, 4.69) is 0 Å². The van der Waals surface area contributed by atoms with Crippen molar-refractivity contribution in [1.29, 1.82) is 0 Å². The summed E-state index contributed by atoms with van der Waals surface area (Å²) in [5, 5.41) is 0. The van der Waals surface area contributed by atoms with Gasteiger partial charge in [0.1, 0.15) is 30.0 Å². The van der Waals surface area contributed by atoms with Crippen LogP contribution < -0.4 is 9.47 Å². The van der Waals surface area contributed by atoms with Gasteiger partial charge in [-0.1, -0.05) is 25.1 Å². The fourth-order valence-electron chi connectivity index (χ4n) is 2.23. The highest BCUT2D eigenvalue weighted by Gasteiger charge is 2.24. The maximum absolute atomic E-state index is 5.74. The molecule has 1 aliphatic rings. The van der Waals surface area contributed by atoms with Crippen LogP contribution in [0, 0.1) is 0 Å². The fraction of sp³-hybridized carbons (Fsp3) is 0.333. The van der Waals surface area contributed by atoms with E-state index in [1.807, 2.05) is 61.5 Å². The molecule has 2 aromatic rings. The molecule has 0 amide bonds. The molecule has 0 saturated carbocycles. The van der Waals surface area contributed by atoms with Crippen molar-refractivity contribution in [1.82, 2.24) is 0 Å². The summed E-state index contributed by atoms with van der Waals surface area (Å²) in [6, 6.07) is 17.3. The summed E-state index contributed by atoms with van der Waals surface area (Å²) in [5.41, 5.74) is 0. The summed E-state index contributed by atoms with van der Waals surface area (Å²) < 4.78 is 22.6. The molecule has 1 aliphatic heterocycles. The van der Waals surface area contributed by atoms with E-state index in [1.54, 1.807) is 0 Å². The summed E-state index contributed by atoms with van der Waals surface area (Å²) >= 11 is 0. The Morgan fingerprint density at radius 2 is 1.64 bits per heavy atom. The lowest BCUT2D eigenvalue weighted by Crippen LogP contribution is -2.20. The van der Waals surface area contributed by atoms with E-state index in [4.69, 9.17) is 18.9 Å². The lowest BCUT2D eigenvalue weighted by molar-refractivity contribution is -0.0642. The normalized spacial score (nSPS) is 20.8. The number of hydrogen-bond acceptors (Lipinski definition) is 4. The van der Waals surface area contributed by atoms with E-state index < -0.39 is 0 Å². The molecule has 3 rings (SSSR count). The number of para-hydroxylation sites is 1. The number of hydrogen-bond donors (Lipinski definition) is 0. The predicted molar refractivity (Wildman–Crippen MR) is 83.4 cm³/mol. The third-order valence-electron chi connectivity index (χ3n) is 3.38. The Kier molecular flexibility index (Phi) is 4.93. The molecule has 0 unspecified atom stereocenters. The third kappa shape index (κ3) is 4.00. The van der Waals surface area contributed by atoms with Crippen molar-refractivity contribution in [2.45, 2.75) is 25.7 Å². The summed E-state index contributed by atoms with van der Waals surface area (Å²) in [6.07, 6.45) is 0.780. The Balaban J connectivity index is 1.49. The third-order valence-corrected chi connectivity index (χ3v) is 3.38. The second kappa shape index (κ2) is 7.29. The molecule has 0 N–H and O–H groups in total. The first-order valence-electron chi connectivity index (χ1n) is 7.56. The average Bonchev–Trinajstić information content (AvgIpc) is 3.03. The van der Waals surface area contributed by atoms with Crippen LogP contribution in [0.1, 0.15) is 13.3 Å². The first-order chi connectivity index (χ1) is 10.8. The monoisotopic (exact) mass is 300 g/mol. The van der Waals surface area contributed by atoms with Crippen LogP contribution in [0.5, 0.6) is 17.2 Å². The van der Waals surface area contributed by atoms with Crippen molar-refractivity contribution < 1.29 is 18.9 Å². The minimum atomic E-state index is -0.0877. The van der Waals surface area contributed by atoms with Gasteiger partial charge in [-0.3, -0.25) is 0 Å². The standard InChI is InChI=1S/C18H20O4/c1-2-18-20-13-17(22-18)12-19-14-8-10-16(11-9-14)21-15-6-4-3-5-7-15/h3-11,17-18H,2,12-13H2,1H3/t17-,18-/m1/s1. The molecule has 22 heavy (non-hydrogen) atoms. The minimum Gasteiger partial charge on any atom is -0.491 e. The van der Waals surface area contributed by atoms with E-state index >= 15 is 0 Å². The smallest absolute Gasteiger partial charge is 0.158 e. The Labute approximate surface area is 130 Å². The van der Waals surface area contributed by atoms with Gasteiger partial charge in [0.2, 0.25) is 0 Å². The van der Waals surface area contributed by atoms with Gasteiger partial charge >= 0.3 is 0 Å². The van der Waals surface area contributed by atoms with Crippen molar-refractivity contribution in [3.05, 3.63) is 54.6 Å². The summed E-state index contributed by atoms with van der Waals surface area (Å²) in [4.78, 5) is 0. The van der Waals surface area contributed by atoms with Crippen LogP contribution in [0.3, 0.4) is 0 Å². The molecule has 116 valence electrons. The fourth-order valence-corrected chi connectivity index (χ4v) is 2.23. The number of ether oxygens (including phenoxy) is 4. The molecule has 0 spiro atoms. The van der Waals surface area contributed by atoms with Crippen LogP contribution in [0.15, 0.2) is 54.6 Å². The van der Waals surface area contributed by atoms with E-state index in [0.717, 1.165) is 23.7 Å². The lowest BCUT2D eigenvalue weighted by atomic mass is 10.3. The van der Waals surface area contributed by atoms with Crippen LogP contribution in [0.25, 0.3) is 0 Å². The second-order valence-electron chi connectivity index (χ2n) is 5.13. The highest BCUT2D eigenvalue weighted by Crippen LogP contribution is 2.24. The molecule has 0 aliphatic carbocycles. The minimum absolute atomic E-state index is 0.00481. The van der Waals surface area contributed by atoms with Crippen LogP contribution in [-0.2, 0) is 9.47 Å².